The van der Waals surface area contributed by atoms with Crippen molar-refractivity contribution in [1.29, 1.82) is 0 Å². The summed E-state index contributed by atoms with van der Waals surface area (Å²) in [5.74, 6) is -0.669. The number of esters is 1. The Morgan fingerprint density at radius 1 is 1.06 bits per heavy atom. The summed E-state index contributed by atoms with van der Waals surface area (Å²) in [6.07, 6.45) is -0.187. The van der Waals surface area contributed by atoms with Crippen LogP contribution in [0.5, 0.6) is 0 Å². The predicted molar refractivity (Wildman–Crippen MR) is 129 cm³/mol. The number of aromatic nitrogens is 1. The fraction of sp³-hybridized carbons (Fsp3) is 0.304. The summed E-state index contributed by atoms with van der Waals surface area (Å²) >= 11 is 6.60. The molecule has 3 rings (SSSR count). The highest BCUT2D eigenvalue weighted by molar-refractivity contribution is 7.80. The molecule has 0 spiro atoms. The average molecular weight is 456 g/mol. The largest absolute Gasteiger partial charge is 0.459 e. The van der Waals surface area contributed by atoms with Crippen molar-refractivity contribution in [3.8, 4) is 0 Å². The number of hydrogen-bond acceptors (Lipinski definition) is 6. The molecule has 3 aromatic rings. The fourth-order valence-corrected chi connectivity index (χ4v) is 3.98. The van der Waals surface area contributed by atoms with Crippen molar-refractivity contribution in [1.82, 2.24) is 10.3 Å². The molecule has 0 fully saturated rings. The molecule has 1 amide bonds. The number of amides is 1. The summed E-state index contributed by atoms with van der Waals surface area (Å²) in [7, 11) is 0. The molecule has 6 nitrogen and oxygen atoms in total. The number of hydrogen-bond donors (Lipinski definition) is 2. The maximum absolute atomic E-state index is 12.5. The normalized spacial score (nSPS) is 11.4. The van der Waals surface area contributed by atoms with E-state index in [0.717, 1.165) is 15.8 Å². The van der Waals surface area contributed by atoms with Crippen molar-refractivity contribution in [2.45, 2.75) is 46.1 Å². The highest BCUT2D eigenvalue weighted by Gasteiger charge is 2.16. The Morgan fingerprint density at radius 3 is 2.32 bits per heavy atom. The molecule has 0 bridgehead atoms. The number of benzene rings is 2. The molecule has 8 heteroatoms. The molecule has 2 N–H and O–H groups in total. The predicted octanol–water partition coefficient (Wildman–Crippen LogP) is 5.29. The van der Waals surface area contributed by atoms with Crippen LogP contribution < -0.4 is 10.6 Å². The molecule has 31 heavy (non-hydrogen) atoms. The number of carbonyl (C=O) groups is 2. The number of anilines is 1. The van der Waals surface area contributed by atoms with Gasteiger partial charge in [0.05, 0.1) is 21.9 Å². The number of ether oxygens (including phenoxy) is 1. The van der Waals surface area contributed by atoms with Gasteiger partial charge in [-0.2, -0.15) is 0 Å². The summed E-state index contributed by atoms with van der Waals surface area (Å²) < 4.78 is 6.04. The van der Waals surface area contributed by atoms with Gasteiger partial charge in [-0.25, -0.2) is 9.78 Å². The lowest BCUT2D eigenvalue weighted by atomic mass is 9.87. The Labute approximate surface area is 191 Å². The van der Waals surface area contributed by atoms with Crippen LogP contribution in [-0.2, 0) is 10.2 Å². The van der Waals surface area contributed by atoms with Gasteiger partial charge in [0, 0.05) is 5.56 Å². The zero-order valence-electron chi connectivity index (χ0n) is 18.1. The van der Waals surface area contributed by atoms with E-state index in [1.54, 1.807) is 44.2 Å². The van der Waals surface area contributed by atoms with E-state index >= 15 is 0 Å². The van der Waals surface area contributed by atoms with Crippen LogP contribution >= 0.6 is 23.6 Å². The van der Waals surface area contributed by atoms with Crippen molar-refractivity contribution in [2.24, 2.45) is 0 Å². The molecule has 0 radical (unpaired) electrons. The fourth-order valence-electron chi connectivity index (χ4n) is 2.81. The molecule has 0 saturated heterocycles. The Bertz CT molecular complexity index is 1130. The minimum absolute atomic E-state index is 0.0180. The van der Waals surface area contributed by atoms with Gasteiger partial charge in [0.1, 0.15) is 0 Å². The summed E-state index contributed by atoms with van der Waals surface area (Å²) in [6, 6.07) is 12.6. The van der Waals surface area contributed by atoms with Crippen LogP contribution in [0.25, 0.3) is 10.2 Å². The Morgan fingerprint density at radius 2 is 1.71 bits per heavy atom. The van der Waals surface area contributed by atoms with E-state index < -0.39 is 0 Å². The minimum atomic E-state index is -0.375. The molecule has 0 aliphatic carbocycles. The maximum Gasteiger partial charge on any atom is 0.338 e. The van der Waals surface area contributed by atoms with Crippen LogP contribution in [0.2, 0.25) is 0 Å². The van der Waals surface area contributed by atoms with Gasteiger partial charge in [-0.05, 0) is 67.4 Å². The first kappa shape index (κ1) is 22.8. The van der Waals surface area contributed by atoms with Crippen LogP contribution in [0.3, 0.4) is 0 Å². The second-order valence-electron chi connectivity index (χ2n) is 8.39. The summed E-state index contributed by atoms with van der Waals surface area (Å²) in [5, 5.41) is 6.29. The second-order valence-corrected chi connectivity index (χ2v) is 9.83. The van der Waals surface area contributed by atoms with Crippen molar-refractivity contribution < 1.29 is 14.3 Å². The highest BCUT2D eigenvalue weighted by atomic mass is 32.1. The minimum Gasteiger partial charge on any atom is -0.459 e. The van der Waals surface area contributed by atoms with Gasteiger partial charge in [0.2, 0.25) is 0 Å². The highest BCUT2D eigenvalue weighted by Crippen LogP contribution is 2.27. The van der Waals surface area contributed by atoms with Crippen LogP contribution in [0.15, 0.2) is 42.5 Å². The average Bonchev–Trinajstić information content (AvgIpc) is 3.07. The van der Waals surface area contributed by atoms with Crippen molar-refractivity contribution >= 4 is 55.9 Å². The van der Waals surface area contributed by atoms with Gasteiger partial charge in [0.25, 0.3) is 5.91 Å². The number of fused-ring (bicyclic) bond motifs is 1. The van der Waals surface area contributed by atoms with Crippen LogP contribution in [0, 0.1) is 0 Å². The molecule has 1 heterocycles. The third-order valence-corrected chi connectivity index (χ3v) is 5.57. The van der Waals surface area contributed by atoms with E-state index in [-0.39, 0.29) is 28.5 Å². The van der Waals surface area contributed by atoms with Gasteiger partial charge in [-0.3, -0.25) is 10.1 Å². The molecule has 1 aromatic heterocycles. The standard InChI is InChI=1S/C23H25N3O3S2/c1-13(2)29-20(28)15-8-11-17-18(12-15)31-22(24-17)26-21(30)25-19(27)14-6-9-16(10-7-14)23(3,4)5/h6-13H,1-5H3,(H2,24,25,26,27,30). The van der Waals surface area contributed by atoms with Gasteiger partial charge >= 0.3 is 5.97 Å². The summed E-state index contributed by atoms with van der Waals surface area (Å²) in [6.45, 7) is 9.97. The quantitative estimate of drug-likeness (QED) is 0.411. The third-order valence-electron chi connectivity index (χ3n) is 4.43. The zero-order valence-corrected chi connectivity index (χ0v) is 19.7. The number of thiazole rings is 1. The molecule has 0 unspecified atom stereocenters. The molecule has 0 atom stereocenters. The van der Waals surface area contributed by atoms with Crippen LogP contribution in [0.1, 0.15) is 60.9 Å². The summed E-state index contributed by atoms with van der Waals surface area (Å²) in [4.78, 5) is 29.0. The first-order chi connectivity index (χ1) is 14.5. The monoisotopic (exact) mass is 455 g/mol. The number of nitrogens with zero attached hydrogens (tertiary/aromatic N) is 1. The van der Waals surface area contributed by atoms with Crippen molar-refractivity contribution in [3.63, 3.8) is 0 Å². The molecular weight excluding hydrogens is 430 g/mol. The van der Waals surface area contributed by atoms with Gasteiger partial charge < -0.3 is 10.1 Å². The zero-order chi connectivity index (χ0) is 22.8. The van der Waals surface area contributed by atoms with Crippen LogP contribution in [-0.4, -0.2) is 28.1 Å². The summed E-state index contributed by atoms with van der Waals surface area (Å²) in [5.41, 5.74) is 2.88. The van der Waals surface area contributed by atoms with Crippen molar-refractivity contribution in [3.05, 3.63) is 59.2 Å². The second kappa shape index (κ2) is 9.11. The van der Waals surface area contributed by atoms with E-state index in [4.69, 9.17) is 17.0 Å². The third kappa shape index (κ3) is 5.86. The Kier molecular flexibility index (Phi) is 6.71. The maximum atomic E-state index is 12.5. The van der Waals surface area contributed by atoms with E-state index in [1.165, 1.54) is 11.3 Å². The van der Waals surface area contributed by atoms with E-state index in [0.29, 0.717) is 16.3 Å². The Hall–Kier alpha value is -2.84. The number of rotatable bonds is 4. The molecule has 0 saturated carbocycles. The molecule has 0 aliphatic rings. The lowest BCUT2D eigenvalue weighted by Gasteiger charge is -2.19. The van der Waals surface area contributed by atoms with Gasteiger partial charge in [-0.1, -0.05) is 44.2 Å². The number of nitrogens with one attached hydrogen (secondary N) is 2. The van der Waals surface area contributed by atoms with Crippen molar-refractivity contribution in [2.75, 3.05) is 5.32 Å². The Balaban J connectivity index is 1.66. The molecule has 2 aromatic carbocycles. The molecule has 0 aliphatic heterocycles. The molecular formula is C23H25N3O3S2. The van der Waals surface area contributed by atoms with E-state index in [2.05, 4.69) is 36.4 Å². The van der Waals surface area contributed by atoms with Gasteiger partial charge in [0.15, 0.2) is 10.2 Å². The SMILES string of the molecule is CC(C)OC(=O)c1ccc2nc(NC(=S)NC(=O)c3ccc(C(C)(C)C)cc3)sc2c1. The molecule has 162 valence electrons. The first-order valence-corrected chi connectivity index (χ1v) is 11.1. The lowest BCUT2D eigenvalue weighted by molar-refractivity contribution is 0.0378. The smallest absolute Gasteiger partial charge is 0.338 e. The van der Waals surface area contributed by atoms with Gasteiger partial charge in [-0.15, -0.1) is 0 Å². The van der Waals surface area contributed by atoms with E-state index in [1.807, 2.05) is 12.1 Å². The number of thiocarbonyl (C=S) groups is 1. The first-order valence-electron chi connectivity index (χ1n) is 9.87. The van der Waals surface area contributed by atoms with Crippen LogP contribution in [0.4, 0.5) is 5.13 Å². The topological polar surface area (TPSA) is 80.3 Å². The lowest BCUT2D eigenvalue weighted by Crippen LogP contribution is -2.34. The number of carbonyl (C=O) groups excluding carboxylic acids is 2. The van der Waals surface area contributed by atoms with E-state index in [9.17, 15) is 9.59 Å².